The van der Waals surface area contributed by atoms with E-state index in [2.05, 4.69) is 33.0 Å². The van der Waals surface area contributed by atoms with Gasteiger partial charge in [0, 0.05) is 5.92 Å². The number of likely N-dealkylation sites (tertiary alicyclic amines) is 1. The number of hydrogen-bond acceptors (Lipinski definition) is 6. The molecule has 1 aromatic rings. The number of aromatic nitrogens is 2. The molecule has 27 heavy (non-hydrogen) atoms. The predicted molar refractivity (Wildman–Crippen MR) is 99.8 cm³/mol. The van der Waals surface area contributed by atoms with Crippen LogP contribution in [0.15, 0.2) is 12.2 Å². The van der Waals surface area contributed by atoms with Crippen molar-refractivity contribution < 1.29 is 14.4 Å². The van der Waals surface area contributed by atoms with Gasteiger partial charge in [-0.05, 0) is 31.6 Å². The predicted octanol–water partition coefficient (Wildman–Crippen LogP) is 2.33. The number of fused-ring (bicyclic) bond motifs is 1. The Morgan fingerprint density at radius 3 is 2.19 bits per heavy atom. The Morgan fingerprint density at radius 1 is 1.11 bits per heavy atom. The van der Waals surface area contributed by atoms with Gasteiger partial charge in [0.1, 0.15) is 11.2 Å². The van der Waals surface area contributed by atoms with Gasteiger partial charge in [-0.2, -0.15) is 0 Å². The smallest absolute Gasteiger partial charge is 0.317 e. The molecule has 9 heteroatoms. The van der Waals surface area contributed by atoms with Gasteiger partial charge in [0.15, 0.2) is 0 Å². The van der Waals surface area contributed by atoms with Crippen molar-refractivity contribution in [2.45, 2.75) is 45.7 Å². The summed E-state index contributed by atoms with van der Waals surface area (Å²) in [5.74, 6) is -0.385. The van der Waals surface area contributed by atoms with Crippen molar-refractivity contribution in [1.29, 1.82) is 0 Å². The number of carbonyl (C=O) groups excluding carboxylic acids is 3. The zero-order valence-corrected chi connectivity index (χ0v) is 16.3. The second kappa shape index (κ2) is 6.70. The monoisotopic (exact) mass is 389 g/mol. The largest absolute Gasteiger partial charge is 0.322 e. The summed E-state index contributed by atoms with van der Waals surface area (Å²) in [6.07, 6.45) is 5.35. The molecule has 144 valence electrons. The summed E-state index contributed by atoms with van der Waals surface area (Å²) >= 11 is 1.30. The van der Waals surface area contributed by atoms with E-state index in [1.54, 1.807) is 6.92 Å². The van der Waals surface area contributed by atoms with Gasteiger partial charge in [0.05, 0.1) is 11.8 Å². The van der Waals surface area contributed by atoms with Crippen molar-refractivity contribution >= 4 is 34.3 Å². The minimum Gasteiger partial charge on any atom is -0.317 e. The number of hydrogen-bond donors (Lipinski definition) is 2. The number of rotatable bonds is 4. The van der Waals surface area contributed by atoms with Gasteiger partial charge in [-0.3, -0.25) is 19.8 Å². The highest BCUT2D eigenvalue weighted by atomic mass is 32.1. The molecule has 0 spiro atoms. The van der Waals surface area contributed by atoms with Crippen molar-refractivity contribution in [3.05, 3.63) is 17.2 Å². The van der Waals surface area contributed by atoms with E-state index in [1.807, 2.05) is 13.8 Å². The van der Waals surface area contributed by atoms with Gasteiger partial charge < -0.3 is 5.32 Å². The third kappa shape index (κ3) is 3.03. The number of imide groups is 1. The first-order valence-electron chi connectivity index (χ1n) is 9.33. The lowest BCUT2D eigenvalue weighted by Gasteiger charge is -2.38. The fraction of sp³-hybridized carbons (Fsp3) is 0.611. The summed E-state index contributed by atoms with van der Waals surface area (Å²) in [7, 11) is 0. The molecule has 1 saturated carbocycles. The van der Waals surface area contributed by atoms with Gasteiger partial charge in [-0.25, -0.2) is 4.79 Å². The maximum Gasteiger partial charge on any atom is 0.322 e. The second-order valence-corrected chi connectivity index (χ2v) is 8.77. The molecule has 2 heterocycles. The van der Waals surface area contributed by atoms with Gasteiger partial charge in [0.2, 0.25) is 16.9 Å². The minimum atomic E-state index is -0.715. The van der Waals surface area contributed by atoms with E-state index in [0.29, 0.717) is 5.13 Å². The van der Waals surface area contributed by atoms with Gasteiger partial charge in [0.25, 0.3) is 0 Å². The Hall–Kier alpha value is -2.29. The van der Waals surface area contributed by atoms with Crippen LogP contribution in [-0.2, 0) is 9.59 Å². The minimum absolute atomic E-state index is 0.137. The van der Waals surface area contributed by atoms with Crippen LogP contribution in [0.4, 0.5) is 9.93 Å². The van der Waals surface area contributed by atoms with Crippen molar-refractivity contribution in [3.8, 4) is 0 Å². The summed E-state index contributed by atoms with van der Waals surface area (Å²) in [4.78, 5) is 39.3. The molecule has 4 aliphatic rings. The van der Waals surface area contributed by atoms with Gasteiger partial charge in [-0.1, -0.05) is 37.3 Å². The normalized spacial score (nSPS) is 30.0. The molecule has 4 amide bonds. The number of anilines is 1. The number of allylic oxidation sites excluding steroid dienone is 2. The van der Waals surface area contributed by atoms with Crippen LogP contribution in [0.25, 0.3) is 0 Å². The molecule has 2 bridgehead atoms. The first-order chi connectivity index (χ1) is 12.9. The number of nitrogens with one attached hydrogen (secondary N) is 2. The molecule has 5 atom stereocenters. The molecule has 2 N–H and O–H groups in total. The Labute approximate surface area is 161 Å². The Balaban J connectivity index is 1.42. The van der Waals surface area contributed by atoms with Crippen molar-refractivity contribution in [1.82, 2.24) is 20.4 Å². The van der Waals surface area contributed by atoms with Crippen molar-refractivity contribution in [2.24, 2.45) is 23.7 Å². The standard InChI is InChI=1S/C18H23N5O3S/c1-8(2)14-21-22-18(27-14)20-17(26)19-9(3)23-15(24)12-10-4-5-11(7-6-10)13(12)16(23)25/h4-5,8-13H,6-7H2,1-3H3,(H2,19,20,22,26)/t9-,10-,11-,12-,13+/m0/s1. The van der Waals surface area contributed by atoms with Crippen LogP contribution in [0.3, 0.4) is 0 Å². The van der Waals surface area contributed by atoms with Crippen LogP contribution in [0.1, 0.15) is 44.5 Å². The summed E-state index contributed by atoms with van der Waals surface area (Å²) in [5.41, 5.74) is 0. The second-order valence-electron chi connectivity index (χ2n) is 7.76. The van der Waals surface area contributed by atoms with Gasteiger partial charge >= 0.3 is 6.03 Å². The number of amides is 4. The lowest BCUT2D eigenvalue weighted by atomic mass is 9.63. The third-order valence-electron chi connectivity index (χ3n) is 5.68. The maximum atomic E-state index is 12.9. The molecular weight excluding hydrogens is 366 g/mol. The Kier molecular flexibility index (Phi) is 4.49. The van der Waals surface area contributed by atoms with E-state index in [9.17, 15) is 14.4 Å². The molecular formula is C18H23N5O3S. The highest BCUT2D eigenvalue weighted by molar-refractivity contribution is 7.15. The van der Waals surface area contributed by atoms with Crippen molar-refractivity contribution in [3.63, 3.8) is 0 Å². The molecule has 5 rings (SSSR count). The van der Waals surface area contributed by atoms with Crippen LogP contribution in [0, 0.1) is 23.7 Å². The average Bonchev–Trinajstić information content (AvgIpc) is 3.20. The van der Waals surface area contributed by atoms with Crippen LogP contribution < -0.4 is 10.6 Å². The van der Waals surface area contributed by atoms with E-state index in [1.165, 1.54) is 16.2 Å². The zero-order valence-electron chi connectivity index (χ0n) is 15.5. The molecule has 8 nitrogen and oxygen atoms in total. The van der Waals surface area contributed by atoms with Crippen LogP contribution in [0.5, 0.6) is 0 Å². The summed E-state index contributed by atoms with van der Waals surface area (Å²) in [5, 5.41) is 14.5. The van der Waals surface area contributed by atoms with Crippen LogP contribution >= 0.6 is 11.3 Å². The lowest BCUT2D eigenvalue weighted by molar-refractivity contribution is -0.142. The van der Waals surface area contributed by atoms with Gasteiger partial charge in [-0.15, -0.1) is 10.2 Å². The summed E-state index contributed by atoms with van der Waals surface area (Å²) < 4.78 is 0. The topological polar surface area (TPSA) is 104 Å². The quantitative estimate of drug-likeness (QED) is 0.607. The average molecular weight is 389 g/mol. The molecule has 0 radical (unpaired) electrons. The highest BCUT2D eigenvalue weighted by Gasteiger charge is 2.57. The molecule has 1 saturated heterocycles. The van der Waals surface area contributed by atoms with E-state index in [0.717, 1.165) is 17.8 Å². The molecule has 1 aromatic heterocycles. The number of carbonyl (C=O) groups is 3. The molecule has 0 unspecified atom stereocenters. The summed E-state index contributed by atoms with van der Waals surface area (Å²) in [6.45, 7) is 5.65. The van der Waals surface area contributed by atoms with E-state index in [-0.39, 0.29) is 41.4 Å². The first-order valence-corrected chi connectivity index (χ1v) is 10.1. The van der Waals surface area contributed by atoms with E-state index >= 15 is 0 Å². The Bertz CT molecular complexity index is 788. The SMILES string of the molecule is CC(C)c1nnc(NC(=O)N[C@H](C)N2C(=O)[C@@H]3[C@H](C2=O)[C@H]2C=C[C@H]3CC2)s1. The fourth-order valence-corrected chi connectivity index (χ4v) is 5.13. The Morgan fingerprint density at radius 2 is 1.70 bits per heavy atom. The molecule has 0 aromatic carbocycles. The number of nitrogens with zero attached hydrogens (tertiary/aromatic N) is 3. The van der Waals surface area contributed by atoms with Crippen molar-refractivity contribution in [2.75, 3.05) is 5.32 Å². The number of urea groups is 1. The molecule has 1 aliphatic heterocycles. The summed E-state index contributed by atoms with van der Waals surface area (Å²) in [6, 6.07) is -0.509. The van der Waals surface area contributed by atoms with E-state index < -0.39 is 12.2 Å². The maximum absolute atomic E-state index is 12.9. The molecule has 2 fully saturated rings. The first kappa shape index (κ1) is 18.1. The van der Waals surface area contributed by atoms with Crippen LogP contribution in [0.2, 0.25) is 0 Å². The highest BCUT2D eigenvalue weighted by Crippen LogP contribution is 2.49. The van der Waals surface area contributed by atoms with Crippen LogP contribution in [-0.4, -0.2) is 39.1 Å². The fourth-order valence-electron chi connectivity index (χ4n) is 4.38. The lowest BCUT2D eigenvalue weighted by Crippen LogP contribution is -2.50. The zero-order chi connectivity index (χ0) is 19.3. The third-order valence-corrected chi connectivity index (χ3v) is 6.81. The molecule has 3 aliphatic carbocycles. The van der Waals surface area contributed by atoms with E-state index in [4.69, 9.17) is 0 Å².